The van der Waals surface area contributed by atoms with E-state index in [-0.39, 0.29) is 6.42 Å². The lowest BCUT2D eigenvalue weighted by atomic mass is 10.0. The van der Waals surface area contributed by atoms with Crippen LogP contribution in [0, 0.1) is 11.8 Å². The van der Waals surface area contributed by atoms with Crippen molar-refractivity contribution in [2.24, 2.45) is 11.8 Å². The summed E-state index contributed by atoms with van der Waals surface area (Å²) in [5, 5.41) is 0. The van der Waals surface area contributed by atoms with Crippen molar-refractivity contribution in [2.45, 2.75) is 85.5 Å². The van der Waals surface area contributed by atoms with Gasteiger partial charge in [-0.15, -0.1) is 0 Å². The monoisotopic (exact) mass is 328 g/mol. The van der Waals surface area contributed by atoms with Gasteiger partial charge in [0, 0.05) is 0 Å². The van der Waals surface area contributed by atoms with Gasteiger partial charge >= 0.3 is 11.9 Å². The molecule has 4 nitrogen and oxygen atoms in total. The van der Waals surface area contributed by atoms with E-state index in [9.17, 15) is 9.59 Å². The lowest BCUT2D eigenvalue weighted by Crippen LogP contribution is -2.20. The van der Waals surface area contributed by atoms with E-state index in [1.807, 2.05) is 0 Å². The standard InChI is InChI=1S/C19H36O4/c1-5-9-11-16(7-3)14-22-18(20)13-19(21)23-15-17(8-4)12-10-6-2/h16-17H,5-15H2,1-4H3/t16-,17-/m1/s1. The van der Waals surface area contributed by atoms with Crippen molar-refractivity contribution in [3.8, 4) is 0 Å². The molecule has 0 aliphatic heterocycles. The molecule has 0 fully saturated rings. The highest BCUT2D eigenvalue weighted by Crippen LogP contribution is 2.14. The molecule has 0 aromatic carbocycles. The first-order chi connectivity index (χ1) is 11.1. The van der Waals surface area contributed by atoms with Crippen molar-refractivity contribution >= 4 is 11.9 Å². The van der Waals surface area contributed by atoms with E-state index in [1.54, 1.807) is 0 Å². The van der Waals surface area contributed by atoms with Crippen LogP contribution in [-0.2, 0) is 19.1 Å². The number of hydrogen-bond donors (Lipinski definition) is 0. The zero-order chi connectivity index (χ0) is 17.5. The van der Waals surface area contributed by atoms with Crippen LogP contribution in [0.4, 0.5) is 0 Å². The fraction of sp³-hybridized carbons (Fsp3) is 0.895. The molecular weight excluding hydrogens is 292 g/mol. The Bertz CT molecular complexity index is 284. The largest absolute Gasteiger partial charge is 0.465 e. The van der Waals surface area contributed by atoms with Crippen molar-refractivity contribution in [3.05, 3.63) is 0 Å². The molecule has 0 heterocycles. The van der Waals surface area contributed by atoms with Gasteiger partial charge in [0.15, 0.2) is 0 Å². The Morgan fingerprint density at radius 3 is 1.43 bits per heavy atom. The number of rotatable bonds is 14. The fourth-order valence-electron chi connectivity index (χ4n) is 2.44. The first kappa shape index (κ1) is 21.9. The molecule has 0 saturated carbocycles. The van der Waals surface area contributed by atoms with Gasteiger partial charge in [0.05, 0.1) is 13.2 Å². The third-order valence-electron chi connectivity index (χ3n) is 4.34. The second-order valence-electron chi connectivity index (χ2n) is 6.38. The summed E-state index contributed by atoms with van der Waals surface area (Å²) in [4.78, 5) is 23.4. The molecule has 0 radical (unpaired) electrons. The minimum absolute atomic E-state index is 0.269. The zero-order valence-corrected chi connectivity index (χ0v) is 15.6. The summed E-state index contributed by atoms with van der Waals surface area (Å²) < 4.78 is 10.4. The summed E-state index contributed by atoms with van der Waals surface area (Å²) in [6, 6.07) is 0. The van der Waals surface area contributed by atoms with Crippen LogP contribution < -0.4 is 0 Å². The molecule has 23 heavy (non-hydrogen) atoms. The molecule has 0 aromatic heterocycles. The van der Waals surface area contributed by atoms with Crippen LogP contribution in [0.5, 0.6) is 0 Å². The van der Waals surface area contributed by atoms with Gasteiger partial charge in [0.1, 0.15) is 6.42 Å². The molecular formula is C19H36O4. The summed E-state index contributed by atoms with van der Waals surface area (Å²) in [6.45, 7) is 9.33. The van der Waals surface area contributed by atoms with Gasteiger partial charge < -0.3 is 9.47 Å². The van der Waals surface area contributed by atoms with Crippen molar-refractivity contribution in [3.63, 3.8) is 0 Å². The maximum absolute atomic E-state index is 11.7. The predicted octanol–water partition coefficient (Wildman–Crippen LogP) is 4.90. The molecule has 0 spiro atoms. The molecule has 136 valence electrons. The van der Waals surface area contributed by atoms with E-state index in [0.29, 0.717) is 25.0 Å². The molecule has 0 aromatic rings. The van der Waals surface area contributed by atoms with Crippen LogP contribution in [0.25, 0.3) is 0 Å². The van der Waals surface area contributed by atoms with Crippen molar-refractivity contribution in [1.82, 2.24) is 0 Å². The number of hydrogen-bond acceptors (Lipinski definition) is 4. The SMILES string of the molecule is CCCC[C@@H](CC)COC(=O)CC(=O)OC[C@H](CC)CCCC. The van der Waals surface area contributed by atoms with Gasteiger partial charge in [0.2, 0.25) is 0 Å². The van der Waals surface area contributed by atoms with E-state index in [2.05, 4.69) is 27.7 Å². The second kappa shape index (κ2) is 14.5. The highest BCUT2D eigenvalue weighted by atomic mass is 16.6. The maximum atomic E-state index is 11.7. The van der Waals surface area contributed by atoms with Crippen LogP contribution >= 0.6 is 0 Å². The van der Waals surface area contributed by atoms with E-state index in [0.717, 1.165) is 51.4 Å². The fourth-order valence-corrected chi connectivity index (χ4v) is 2.44. The molecule has 0 amide bonds. The average molecular weight is 328 g/mol. The second-order valence-corrected chi connectivity index (χ2v) is 6.38. The Kier molecular flexibility index (Phi) is 13.9. The summed E-state index contributed by atoms with van der Waals surface area (Å²) in [5.74, 6) is -0.139. The number of carbonyl (C=O) groups is 2. The van der Waals surface area contributed by atoms with Gasteiger partial charge in [-0.3, -0.25) is 9.59 Å². The topological polar surface area (TPSA) is 52.6 Å². The molecule has 2 atom stereocenters. The first-order valence-electron chi connectivity index (χ1n) is 9.38. The Labute approximate surface area is 142 Å². The summed E-state index contributed by atoms with van der Waals surface area (Å²) in [7, 11) is 0. The van der Waals surface area contributed by atoms with Crippen molar-refractivity contribution in [1.29, 1.82) is 0 Å². The molecule has 0 rings (SSSR count). The maximum Gasteiger partial charge on any atom is 0.317 e. The van der Waals surface area contributed by atoms with Crippen LogP contribution in [0.3, 0.4) is 0 Å². The average Bonchev–Trinajstić information content (AvgIpc) is 2.55. The smallest absolute Gasteiger partial charge is 0.317 e. The summed E-state index contributed by atoms with van der Waals surface area (Å²) >= 11 is 0. The molecule has 4 heteroatoms. The zero-order valence-electron chi connectivity index (χ0n) is 15.6. The Hall–Kier alpha value is -1.06. The van der Waals surface area contributed by atoms with E-state index in [4.69, 9.17) is 9.47 Å². The molecule has 0 saturated heterocycles. The predicted molar refractivity (Wildman–Crippen MR) is 93.1 cm³/mol. The quantitative estimate of drug-likeness (QED) is 0.336. The lowest BCUT2D eigenvalue weighted by Gasteiger charge is -2.16. The Morgan fingerprint density at radius 1 is 0.739 bits per heavy atom. The van der Waals surface area contributed by atoms with Crippen LogP contribution in [0.15, 0.2) is 0 Å². The van der Waals surface area contributed by atoms with Gasteiger partial charge in [-0.2, -0.15) is 0 Å². The van der Waals surface area contributed by atoms with Crippen LogP contribution in [-0.4, -0.2) is 25.2 Å². The highest BCUT2D eigenvalue weighted by Gasteiger charge is 2.16. The summed E-state index contributed by atoms with van der Waals surface area (Å²) in [5.41, 5.74) is 0. The number of esters is 2. The third kappa shape index (κ3) is 12.1. The molecule has 0 bridgehead atoms. The highest BCUT2D eigenvalue weighted by molar-refractivity contribution is 5.91. The number of unbranched alkanes of at least 4 members (excludes halogenated alkanes) is 2. The van der Waals surface area contributed by atoms with E-state index >= 15 is 0 Å². The van der Waals surface area contributed by atoms with E-state index < -0.39 is 11.9 Å². The van der Waals surface area contributed by atoms with E-state index in [1.165, 1.54) is 0 Å². The normalized spacial score (nSPS) is 13.4. The van der Waals surface area contributed by atoms with Gasteiger partial charge in [-0.05, 0) is 24.7 Å². The van der Waals surface area contributed by atoms with Gasteiger partial charge in [-0.25, -0.2) is 0 Å². The Morgan fingerprint density at radius 2 is 1.13 bits per heavy atom. The van der Waals surface area contributed by atoms with Crippen molar-refractivity contribution in [2.75, 3.05) is 13.2 Å². The molecule has 0 aliphatic rings. The summed E-state index contributed by atoms with van der Waals surface area (Å²) in [6.07, 6.45) is 8.44. The van der Waals surface area contributed by atoms with Crippen LogP contribution in [0.2, 0.25) is 0 Å². The third-order valence-corrected chi connectivity index (χ3v) is 4.34. The first-order valence-corrected chi connectivity index (χ1v) is 9.38. The minimum atomic E-state index is -0.466. The number of ether oxygens (including phenoxy) is 2. The van der Waals surface area contributed by atoms with Gasteiger partial charge in [0.25, 0.3) is 0 Å². The lowest BCUT2D eigenvalue weighted by molar-refractivity contribution is -0.156. The molecule has 0 aliphatic carbocycles. The van der Waals surface area contributed by atoms with Gasteiger partial charge in [-0.1, -0.05) is 66.2 Å². The minimum Gasteiger partial charge on any atom is -0.465 e. The van der Waals surface area contributed by atoms with Crippen molar-refractivity contribution < 1.29 is 19.1 Å². The van der Waals surface area contributed by atoms with Crippen LogP contribution in [0.1, 0.15) is 85.5 Å². The molecule has 0 N–H and O–H groups in total. The number of carbonyl (C=O) groups excluding carboxylic acids is 2. The molecule has 0 unspecified atom stereocenters. The Balaban J connectivity index is 3.93.